The third kappa shape index (κ3) is 2.17. The van der Waals surface area contributed by atoms with Gasteiger partial charge in [-0.2, -0.15) is 0 Å². The van der Waals surface area contributed by atoms with Crippen molar-refractivity contribution in [1.82, 2.24) is 0 Å². The van der Waals surface area contributed by atoms with Crippen molar-refractivity contribution < 1.29 is 12.3 Å². The van der Waals surface area contributed by atoms with Crippen LogP contribution in [0.5, 0.6) is 0 Å². The molecular formula is C24H36O3Si3. The van der Waals surface area contributed by atoms with Crippen molar-refractivity contribution in [1.29, 1.82) is 0 Å². The highest BCUT2D eigenvalue weighted by molar-refractivity contribution is 6.97. The number of allylic oxidation sites excluding steroid dienone is 6. The van der Waals surface area contributed by atoms with E-state index in [0.29, 0.717) is 0 Å². The fourth-order valence-corrected chi connectivity index (χ4v) is 29.0. The van der Waals surface area contributed by atoms with Crippen molar-refractivity contribution in [3.8, 4) is 0 Å². The van der Waals surface area contributed by atoms with Crippen molar-refractivity contribution in [2.75, 3.05) is 0 Å². The van der Waals surface area contributed by atoms with Crippen LogP contribution < -0.4 is 0 Å². The third-order valence-corrected chi connectivity index (χ3v) is 27.3. The summed E-state index contributed by atoms with van der Waals surface area (Å²) in [6, 6.07) is 0. The number of hydrogen-bond acceptors (Lipinski definition) is 3. The maximum atomic E-state index is 7.47. The zero-order valence-corrected chi connectivity index (χ0v) is 21.8. The highest BCUT2D eigenvalue weighted by Crippen LogP contribution is 2.71. The average molecular weight is 457 g/mol. The van der Waals surface area contributed by atoms with Crippen molar-refractivity contribution in [3.63, 3.8) is 0 Å². The summed E-state index contributed by atoms with van der Waals surface area (Å²) in [7, 11) is -7.39. The molecule has 3 saturated carbocycles. The molecule has 1 saturated heterocycles. The van der Waals surface area contributed by atoms with E-state index in [1.807, 2.05) is 0 Å². The standard InChI is InChI=1S/C24H36O3Si3/c1-28(22-10-4-19(16-22)5-11-22)25-29(2,23-12-6-20(17-23)7-13-23)27-30(3,26-28)24-14-8-21(18-24)9-15-24/h4,6,8,10,12,14,19-21H,5,7,9,11,13,15-18H2,1-3H3. The minimum absolute atomic E-state index is 0.178. The molecule has 6 aliphatic carbocycles. The van der Waals surface area contributed by atoms with Crippen LogP contribution >= 0.6 is 0 Å². The van der Waals surface area contributed by atoms with E-state index in [2.05, 4.69) is 56.1 Å². The van der Waals surface area contributed by atoms with Gasteiger partial charge in [0.15, 0.2) is 0 Å². The van der Waals surface area contributed by atoms with Crippen LogP contribution in [0.15, 0.2) is 36.5 Å². The van der Waals surface area contributed by atoms with E-state index in [1.54, 1.807) is 0 Å². The lowest BCUT2D eigenvalue weighted by Crippen LogP contribution is -2.75. The quantitative estimate of drug-likeness (QED) is 0.354. The van der Waals surface area contributed by atoms with Gasteiger partial charge in [-0.1, -0.05) is 36.5 Å². The van der Waals surface area contributed by atoms with Gasteiger partial charge in [0.1, 0.15) is 0 Å². The Labute approximate surface area is 184 Å². The molecule has 1 heterocycles. The first-order valence-electron chi connectivity index (χ1n) is 12.4. The summed E-state index contributed by atoms with van der Waals surface area (Å²) in [5.74, 6) is 2.27. The molecule has 0 amide bonds. The zero-order valence-electron chi connectivity index (χ0n) is 18.8. The van der Waals surface area contributed by atoms with Crippen LogP contribution in [0.1, 0.15) is 57.8 Å². The maximum absolute atomic E-state index is 7.47. The van der Waals surface area contributed by atoms with Crippen molar-refractivity contribution in [2.24, 2.45) is 17.8 Å². The normalized spacial score (nSPS) is 62.3. The molecule has 4 fully saturated rings. The van der Waals surface area contributed by atoms with Gasteiger partial charge in [-0.25, -0.2) is 0 Å². The predicted octanol–water partition coefficient (Wildman–Crippen LogP) is 6.60. The molecular weight excluding hydrogens is 421 g/mol. The van der Waals surface area contributed by atoms with E-state index in [-0.39, 0.29) is 15.1 Å². The Bertz CT molecular complexity index is 778. The van der Waals surface area contributed by atoms with Crippen molar-refractivity contribution in [2.45, 2.75) is 92.5 Å². The largest absolute Gasteiger partial charge is 0.415 e. The van der Waals surface area contributed by atoms with E-state index in [4.69, 9.17) is 12.3 Å². The highest BCUT2D eigenvalue weighted by Gasteiger charge is 2.75. The Morgan fingerprint density at radius 3 is 1.03 bits per heavy atom. The predicted molar refractivity (Wildman–Crippen MR) is 126 cm³/mol. The van der Waals surface area contributed by atoms with E-state index in [1.165, 1.54) is 57.8 Å². The third-order valence-electron chi connectivity index (χ3n) is 10.7. The summed E-state index contributed by atoms with van der Waals surface area (Å²) in [5, 5.41) is 0.535. The highest BCUT2D eigenvalue weighted by atomic mass is 28.5. The number of fused-ring (bicyclic) bond motifs is 6. The Balaban J connectivity index is 1.37. The molecule has 6 heteroatoms. The summed E-state index contributed by atoms with van der Waals surface area (Å²) in [5.41, 5.74) is 0. The van der Waals surface area contributed by atoms with Crippen LogP contribution in [0, 0.1) is 17.8 Å². The molecule has 0 aromatic carbocycles. The fraction of sp³-hybridized carbons (Fsp3) is 0.750. The van der Waals surface area contributed by atoms with Gasteiger partial charge in [0, 0.05) is 15.1 Å². The summed E-state index contributed by atoms with van der Waals surface area (Å²) >= 11 is 0. The van der Waals surface area contributed by atoms with Gasteiger partial charge >= 0.3 is 25.7 Å². The Hall–Kier alpha value is -0.249. The number of rotatable bonds is 3. The van der Waals surface area contributed by atoms with Crippen LogP contribution in [0.3, 0.4) is 0 Å². The van der Waals surface area contributed by atoms with E-state index >= 15 is 0 Å². The van der Waals surface area contributed by atoms with Gasteiger partial charge in [-0.3, -0.25) is 0 Å². The first-order valence-corrected chi connectivity index (χ1v) is 19.4. The first-order chi connectivity index (χ1) is 14.2. The van der Waals surface area contributed by atoms with Crippen LogP contribution in [0.2, 0.25) is 34.8 Å². The minimum atomic E-state index is -2.46. The molecule has 6 unspecified atom stereocenters. The van der Waals surface area contributed by atoms with Gasteiger partial charge in [0.2, 0.25) is 0 Å². The minimum Gasteiger partial charge on any atom is -0.415 e. The van der Waals surface area contributed by atoms with Crippen LogP contribution in [-0.2, 0) is 12.3 Å². The zero-order chi connectivity index (χ0) is 20.5. The maximum Gasteiger partial charge on any atom is 0.327 e. The SMILES string of the molecule is C[Si]1(C23C=CC(CC2)C3)O[Si](C)(C23C=CC(CC2)C3)O[Si](C)(C23C=CC(CC2)C3)O1. The second-order valence-electron chi connectivity index (χ2n) is 12.2. The molecule has 6 bridgehead atoms. The van der Waals surface area contributed by atoms with E-state index in [0.717, 1.165) is 17.8 Å². The van der Waals surface area contributed by atoms with Crippen LogP contribution in [-0.4, -0.2) is 25.7 Å². The first kappa shape index (κ1) is 19.2. The molecule has 0 aromatic heterocycles. The second-order valence-corrected chi connectivity index (χ2v) is 23.3. The molecule has 1 aliphatic heterocycles. The Kier molecular flexibility index (Phi) is 3.61. The van der Waals surface area contributed by atoms with Gasteiger partial charge < -0.3 is 12.3 Å². The summed E-state index contributed by atoms with van der Waals surface area (Å²) in [4.78, 5) is 0. The Morgan fingerprint density at radius 2 is 0.867 bits per heavy atom. The summed E-state index contributed by atoms with van der Waals surface area (Å²) in [6.45, 7) is 7.36. The van der Waals surface area contributed by atoms with Gasteiger partial charge in [0.25, 0.3) is 0 Å². The lowest BCUT2D eigenvalue weighted by atomic mass is 10.1. The van der Waals surface area contributed by atoms with Gasteiger partial charge in [-0.15, -0.1) is 0 Å². The molecule has 0 aromatic rings. The summed E-state index contributed by atoms with van der Waals surface area (Å²) in [6.07, 6.45) is 26.7. The molecule has 6 atom stereocenters. The molecule has 3 nitrogen and oxygen atoms in total. The Morgan fingerprint density at radius 1 is 0.567 bits per heavy atom. The average Bonchev–Trinajstić information content (AvgIpc) is 3.56. The summed E-state index contributed by atoms with van der Waals surface area (Å²) < 4.78 is 22.4. The van der Waals surface area contributed by atoms with Gasteiger partial charge in [0.05, 0.1) is 0 Å². The molecule has 162 valence electrons. The fourth-order valence-electron chi connectivity index (χ4n) is 8.73. The van der Waals surface area contributed by atoms with Crippen molar-refractivity contribution >= 4 is 25.7 Å². The topological polar surface area (TPSA) is 27.7 Å². The van der Waals surface area contributed by atoms with Crippen molar-refractivity contribution in [3.05, 3.63) is 36.5 Å². The molecule has 0 N–H and O–H groups in total. The number of hydrogen-bond donors (Lipinski definition) is 0. The van der Waals surface area contributed by atoms with E-state index < -0.39 is 25.7 Å². The lowest BCUT2D eigenvalue weighted by Gasteiger charge is -2.61. The second kappa shape index (κ2) is 5.62. The van der Waals surface area contributed by atoms with Gasteiger partial charge in [-0.05, 0) is 95.2 Å². The van der Waals surface area contributed by atoms with Crippen LogP contribution in [0.4, 0.5) is 0 Å². The molecule has 0 radical (unpaired) electrons. The molecule has 7 rings (SSSR count). The molecule has 30 heavy (non-hydrogen) atoms. The van der Waals surface area contributed by atoms with Crippen LogP contribution in [0.25, 0.3) is 0 Å². The van der Waals surface area contributed by atoms with E-state index in [9.17, 15) is 0 Å². The smallest absolute Gasteiger partial charge is 0.327 e. The molecule has 7 aliphatic rings. The molecule has 0 spiro atoms. The monoisotopic (exact) mass is 456 g/mol. The lowest BCUT2D eigenvalue weighted by molar-refractivity contribution is 0.173.